The molecule has 0 bridgehead atoms. The van der Waals surface area contributed by atoms with E-state index < -0.39 is 18.6 Å². The van der Waals surface area contributed by atoms with Crippen LogP contribution in [0.5, 0.6) is 0 Å². The van der Waals surface area contributed by atoms with Crippen LogP contribution in [0.25, 0.3) is 0 Å². The van der Waals surface area contributed by atoms with Gasteiger partial charge in [0.1, 0.15) is 0 Å². The predicted molar refractivity (Wildman–Crippen MR) is 131 cm³/mol. The molecule has 4 rings (SSSR count). The SMILES string of the molecule is C[C@H]1OS(=O)(=O)N2C(CCCO[Si](c3ccccc3)(c3ccccc3)C(C)(C)C)CC[C@@H]12. The highest BCUT2D eigenvalue weighted by atomic mass is 32.2. The minimum atomic E-state index is -3.60. The maximum Gasteiger partial charge on any atom is 0.339 e. The van der Waals surface area contributed by atoms with E-state index in [1.54, 1.807) is 4.31 Å². The summed E-state index contributed by atoms with van der Waals surface area (Å²) in [6, 6.07) is 21.2. The summed E-state index contributed by atoms with van der Waals surface area (Å²) in [5.41, 5.74) is 0. The van der Waals surface area contributed by atoms with Crippen molar-refractivity contribution in [3.8, 4) is 0 Å². The standard InChI is InChI=1S/C25H35NO4SSi/c1-20-24-18-17-21(26(24)31(27,28)30-20)12-11-19-29-32(25(2,3)4,22-13-7-5-8-14-22)23-15-9-6-10-16-23/h5-10,13-16,20-21,24H,11-12,17-19H2,1-4H3/t20-,21?,24+/m1/s1. The topological polar surface area (TPSA) is 55.8 Å². The third kappa shape index (κ3) is 4.21. The van der Waals surface area contributed by atoms with E-state index in [1.807, 2.05) is 19.1 Å². The summed E-state index contributed by atoms with van der Waals surface area (Å²) in [5.74, 6) is 0. The molecular weight excluding hydrogens is 438 g/mol. The zero-order chi connectivity index (χ0) is 23.0. The molecule has 7 heteroatoms. The Morgan fingerprint density at radius 3 is 2.09 bits per heavy atom. The molecule has 5 nitrogen and oxygen atoms in total. The predicted octanol–water partition coefficient (Wildman–Crippen LogP) is 3.84. The Balaban J connectivity index is 1.53. The molecule has 2 aliphatic heterocycles. The van der Waals surface area contributed by atoms with Crippen LogP contribution < -0.4 is 10.4 Å². The summed E-state index contributed by atoms with van der Waals surface area (Å²) in [4.78, 5) is 0. The molecule has 0 N–H and O–H groups in total. The first-order valence-electron chi connectivity index (χ1n) is 11.6. The summed E-state index contributed by atoms with van der Waals surface area (Å²) >= 11 is 0. The number of hydrogen-bond acceptors (Lipinski definition) is 4. The highest BCUT2D eigenvalue weighted by Crippen LogP contribution is 2.40. The van der Waals surface area contributed by atoms with Gasteiger partial charge in [-0.2, -0.15) is 12.7 Å². The average molecular weight is 474 g/mol. The Morgan fingerprint density at radius 1 is 1.00 bits per heavy atom. The highest BCUT2D eigenvalue weighted by molar-refractivity contribution is 7.84. The Hall–Kier alpha value is -1.51. The maximum absolute atomic E-state index is 12.4. The minimum absolute atomic E-state index is 0.0115. The molecule has 3 atom stereocenters. The summed E-state index contributed by atoms with van der Waals surface area (Å²) < 4.78 is 38.7. The van der Waals surface area contributed by atoms with Gasteiger partial charge in [-0.15, -0.1) is 0 Å². The number of benzene rings is 2. The summed E-state index contributed by atoms with van der Waals surface area (Å²) in [5, 5.41) is 2.48. The molecular formula is C25H35NO4SSi. The maximum atomic E-state index is 12.4. The van der Waals surface area contributed by atoms with Gasteiger partial charge in [0.15, 0.2) is 0 Å². The van der Waals surface area contributed by atoms with E-state index in [2.05, 4.69) is 69.3 Å². The summed E-state index contributed by atoms with van der Waals surface area (Å²) in [6.07, 6.45) is 3.14. The molecule has 0 amide bonds. The number of nitrogens with zero attached hydrogens (tertiary/aromatic N) is 1. The summed E-state index contributed by atoms with van der Waals surface area (Å²) in [6.45, 7) is 9.29. The molecule has 32 heavy (non-hydrogen) atoms. The van der Waals surface area contributed by atoms with Crippen molar-refractivity contribution in [2.45, 2.75) is 76.6 Å². The van der Waals surface area contributed by atoms with E-state index >= 15 is 0 Å². The highest BCUT2D eigenvalue weighted by Gasteiger charge is 2.52. The van der Waals surface area contributed by atoms with Gasteiger partial charge in [0.25, 0.3) is 8.32 Å². The molecule has 0 radical (unpaired) electrons. The lowest BCUT2D eigenvalue weighted by Crippen LogP contribution is -2.66. The minimum Gasteiger partial charge on any atom is -0.407 e. The van der Waals surface area contributed by atoms with Gasteiger partial charge in [0.05, 0.1) is 12.1 Å². The molecule has 2 aliphatic rings. The van der Waals surface area contributed by atoms with Gasteiger partial charge in [-0.05, 0) is 48.0 Å². The lowest BCUT2D eigenvalue weighted by atomic mass is 10.1. The molecule has 2 aromatic carbocycles. The first-order valence-corrected chi connectivity index (χ1v) is 14.9. The Labute approximate surface area is 194 Å². The van der Waals surface area contributed by atoms with Crippen molar-refractivity contribution in [2.75, 3.05) is 6.61 Å². The lowest BCUT2D eigenvalue weighted by Gasteiger charge is -2.43. The Morgan fingerprint density at radius 2 is 1.56 bits per heavy atom. The van der Waals surface area contributed by atoms with Crippen LogP contribution in [-0.2, 0) is 18.9 Å². The van der Waals surface area contributed by atoms with Gasteiger partial charge >= 0.3 is 10.3 Å². The van der Waals surface area contributed by atoms with Crippen molar-refractivity contribution in [1.82, 2.24) is 4.31 Å². The number of hydrogen-bond donors (Lipinski definition) is 0. The number of rotatable bonds is 7. The largest absolute Gasteiger partial charge is 0.407 e. The lowest BCUT2D eigenvalue weighted by molar-refractivity contribution is 0.219. The second-order valence-electron chi connectivity index (χ2n) is 10.0. The molecule has 2 saturated heterocycles. The molecule has 0 aliphatic carbocycles. The molecule has 2 heterocycles. The van der Waals surface area contributed by atoms with Crippen LogP contribution in [0, 0.1) is 0 Å². The molecule has 0 spiro atoms. The third-order valence-electron chi connectivity index (χ3n) is 6.97. The van der Waals surface area contributed by atoms with Gasteiger partial charge in [0.2, 0.25) is 0 Å². The van der Waals surface area contributed by atoms with Crippen molar-refractivity contribution >= 4 is 29.0 Å². The second kappa shape index (κ2) is 9.03. The van der Waals surface area contributed by atoms with Gasteiger partial charge in [-0.1, -0.05) is 81.4 Å². The van der Waals surface area contributed by atoms with Crippen LogP contribution in [0.15, 0.2) is 60.7 Å². The Bertz CT molecular complexity index is 968. The van der Waals surface area contributed by atoms with E-state index in [1.165, 1.54) is 10.4 Å². The van der Waals surface area contributed by atoms with E-state index in [9.17, 15) is 8.42 Å². The smallest absolute Gasteiger partial charge is 0.339 e. The monoisotopic (exact) mass is 473 g/mol. The van der Waals surface area contributed by atoms with Gasteiger partial charge < -0.3 is 4.43 Å². The van der Waals surface area contributed by atoms with E-state index in [0.29, 0.717) is 6.61 Å². The molecule has 2 fully saturated rings. The first kappa shape index (κ1) is 23.6. The summed E-state index contributed by atoms with van der Waals surface area (Å²) in [7, 11) is -6.14. The molecule has 0 aromatic heterocycles. The first-order chi connectivity index (χ1) is 15.2. The fraction of sp³-hybridized carbons (Fsp3) is 0.520. The average Bonchev–Trinajstić information content (AvgIpc) is 3.28. The van der Waals surface area contributed by atoms with Crippen molar-refractivity contribution in [3.63, 3.8) is 0 Å². The zero-order valence-corrected chi connectivity index (χ0v) is 21.3. The van der Waals surface area contributed by atoms with E-state index in [0.717, 1.165) is 25.7 Å². The normalized spacial score (nSPS) is 25.7. The fourth-order valence-corrected chi connectivity index (χ4v) is 12.0. The Kier molecular flexibility index (Phi) is 6.67. The third-order valence-corrected chi connectivity index (χ3v) is 13.6. The van der Waals surface area contributed by atoms with Gasteiger partial charge in [0, 0.05) is 12.6 Å². The fourth-order valence-electron chi connectivity index (χ4n) is 5.56. The van der Waals surface area contributed by atoms with E-state index in [4.69, 9.17) is 8.61 Å². The van der Waals surface area contributed by atoms with Crippen LogP contribution in [0.1, 0.15) is 53.4 Å². The van der Waals surface area contributed by atoms with Crippen LogP contribution in [0.4, 0.5) is 0 Å². The van der Waals surface area contributed by atoms with Crippen molar-refractivity contribution in [1.29, 1.82) is 0 Å². The van der Waals surface area contributed by atoms with Crippen molar-refractivity contribution in [3.05, 3.63) is 60.7 Å². The molecule has 0 saturated carbocycles. The molecule has 1 unspecified atom stereocenters. The van der Waals surface area contributed by atoms with Crippen LogP contribution in [0.3, 0.4) is 0 Å². The molecule has 2 aromatic rings. The second-order valence-corrected chi connectivity index (χ2v) is 15.8. The van der Waals surface area contributed by atoms with Crippen LogP contribution in [0.2, 0.25) is 5.04 Å². The quantitative estimate of drug-likeness (QED) is 0.453. The van der Waals surface area contributed by atoms with Crippen molar-refractivity contribution < 1.29 is 17.0 Å². The van der Waals surface area contributed by atoms with Crippen molar-refractivity contribution in [2.24, 2.45) is 0 Å². The van der Waals surface area contributed by atoms with Crippen LogP contribution >= 0.6 is 0 Å². The van der Waals surface area contributed by atoms with Gasteiger partial charge in [-0.3, -0.25) is 4.18 Å². The van der Waals surface area contributed by atoms with Crippen LogP contribution in [-0.4, -0.2) is 45.8 Å². The zero-order valence-electron chi connectivity index (χ0n) is 19.5. The molecule has 174 valence electrons. The number of fused-ring (bicyclic) bond motifs is 1. The van der Waals surface area contributed by atoms with Gasteiger partial charge in [-0.25, -0.2) is 0 Å². The van der Waals surface area contributed by atoms with E-state index in [-0.39, 0.29) is 23.2 Å².